The first-order valence-electron chi connectivity index (χ1n) is 6.08. The minimum atomic E-state index is 0.0376. The zero-order valence-electron chi connectivity index (χ0n) is 9.94. The molecule has 2 aromatic rings. The molecule has 1 fully saturated rings. The number of aryl methyl sites for hydroxylation is 1. The summed E-state index contributed by atoms with van der Waals surface area (Å²) in [5.74, 6) is 0.754. The van der Waals surface area contributed by atoms with Crippen LogP contribution in [0.5, 0.6) is 0 Å². The minimum absolute atomic E-state index is 0.0376. The third kappa shape index (κ3) is 1.93. The number of aromatic nitrogens is 1. The fraction of sp³-hybridized carbons (Fsp3) is 0.357. The number of benzene rings is 1. The van der Waals surface area contributed by atoms with E-state index in [1.807, 2.05) is 41.9 Å². The van der Waals surface area contributed by atoms with Crippen LogP contribution in [-0.4, -0.2) is 17.0 Å². The van der Waals surface area contributed by atoms with Gasteiger partial charge in [0.05, 0.1) is 0 Å². The van der Waals surface area contributed by atoms with Gasteiger partial charge in [-0.25, -0.2) is 0 Å². The Morgan fingerprint density at radius 3 is 2.88 bits per heavy atom. The van der Waals surface area contributed by atoms with Gasteiger partial charge >= 0.3 is 0 Å². The highest BCUT2D eigenvalue weighted by atomic mass is 16.1. The molecule has 3 nitrogen and oxygen atoms in total. The normalized spacial score (nSPS) is 15.1. The molecule has 0 radical (unpaired) electrons. The quantitative estimate of drug-likeness (QED) is 0.859. The average molecular weight is 228 g/mol. The van der Waals surface area contributed by atoms with Gasteiger partial charge in [0.2, 0.25) is 0 Å². The van der Waals surface area contributed by atoms with Gasteiger partial charge in [0, 0.05) is 24.5 Å². The second kappa shape index (κ2) is 3.91. The predicted molar refractivity (Wildman–Crippen MR) is 68.0 cm³/mol. The van der Waals surface area contributed by atoms with E-state index in [0.29, 0.717) is 5.92 Å². The van der Waals surface area contributed by atoms with Gasteiger partial charge in [-0.1, -0.05) is 18.2 Å². The average Bonchev–Trinajstić information content (AvgIpc) is 3.11. The largest absolute Gasteiger partial charge is 0.350 e. The van der Waals surface area contributed by atoms with Crippen molar-refractivity contribution in [2.75, 3.05) is 6.54 Å². The highest BCUT2D eigenvalue weighted by molar-refractivity contribution is 5.98. The van der Waals surface area contributed by atoms with Crippen molar-refractivity contribution in [2.24, 2.45) is 13.0 Å². The van der Waals surface area contributed by atoms with Crippen molar-refractivity contribution in [3.05, 3.63) is 36.0 Å². The van der Waals surface area contributed by atoms with Gasteiger partial charge in [-0.15, -0.1) is 0 Å². The minimum Gasteiger partial charge on any atom is -0.350 e. The third-order valence-corrected chi connectivity index (χ3v) is 3.43. The molecule has 1 aliphatic rings. The lowest BCUT2D eigenvalue weighted by Crippen LogP contribution is -2.27. The van der Waals surface area contributed by atoms with Crippen molar-refractivity contribution < 1.29 is 4.79 Å². The molecule has 0 unspecified atom stereocenters. The van der Waals surface area contributed by atoms with Crippen LogP contribution in [0.4, 0.5) is 0 Å². The van der Waals surface area contributed by atoms with Crippen LogP contribution >= 0.6 is 0 Å². The van der Waals surface area contributed by atoms with Crippen LogP contribution in [0.25, 0.3) is 10.9 Å². The lowest BCUT2D eigenvalue weighted by Gasteiger charge is -2.05. The number of carbonyl (C=O) groups excluding carboxylic acids is 1. The summed E-state index contributed by atoms with van der Waals surface area (Å²) in [6.45, 7) is 0.820. The maximum atomic E-state index is 12.0. The highest BCUT2D eigenvalue weighted by Crippen LogP contribution is 2.27. The smallest absolute Gasteiger partial charge is 0.267 e. The van der Waals surface area contributed by atoms with Crippen molar-refractivity contribution in [2.45, 2.75) is 12.8 Å². The number of para-hydroxylation sites is 1. The van der Waals surface area contributed by atoms with Gasteiger partial charge in [0.1, 0.15) is 5.69 Å². The molecular weight excluding hydrogens is 212 g/mol. The Hall–Kier alpha value is -1.77. The Balaban J connectivity index is 1.87. The van der Waals surface area contributed by atoms with Crippen molar-refractivity contribution in [1.82, 2.24) is 9.88 Å². The van der Waals surface area contributed by atoms with Crippen LogP contribution in [0.1, 0.15) is 23.3 Å². The molecule has 1 aromatic heterocycles. The maximum Gasteiger partial charge on any atom is 0.267 e. The molecule has 0 saturated heterocycles. The summed E-state index contributed by atoms with van der Waals surface area (Å²) in [5, 5.41) is 4.12. The molecule has 1 aromatic carbocycles. The third-order valence-electron chi connectivity index (χ3n) is 3.43. The molecule has 1 saturated carbocycles. The lowest BCUT2D eigenvalue weighted by atomic mass is 10.2. The van der Waals surface area contributed by atoms with Crippen LogP contribution < -0.4 is 5.32 Å². The number of rotatable bonds is 3. The second-order valence-electron chi connectivity index (χ2n) is 4.80. The van der Waals surface area contributed by atoms with Crippen molar-refractivity contribution in [3.63, 3.8) is 0 Å². The topological polar surface area (TPSA) is 34.0 Å². The van der Waals surface area contributed by atoms with E-state index in [9.17, 15) is 4.79 Å². The molecule has 1 N–H and O–H groups in total. The summed E-state index contributed by atoms with van der Waals surface area (Å²) >= 11 is 0. The molecule has 0 spiro atoms. The first-order valence-corrected chi connectivity index (χ1v) is 6.08. The number of nitrogens with zero attached hydrogens (tertiary/aromatic N) is 1. The summed E-state index contributed by atoms with van der Waals surface area (Å²) in [6, 6.07) is 10.0. The van der Waals surface area contributed by atoms with Crippen LogP contribution in [0.3, 0.4) is 0 Å². The zero-order valence-corrected chi connectivity index (χ0v) is 9.94. The van der Waals surface area contributed by atoms with Crippen LogP contribution in [0.2, 0.25) is 0 Å². The number of hydrogen-bond donors (Lipinski definition) is 1. The standard InChI is InChI=1S/C14H16N2O/c1-16-12-5-3-2-4-11(12)8-13(16)14(17)15-9-10-6-7-10/h2-5,8,10H,6-7,9H2,1H3,(H,15,17). The lowest BCUT2D eigenvalue weighted by molar-refractivity contribution is 0.0944. The number of amides is 1. The van der Waals surface area contributed by atoms with E-state index in [4.69, 9.17) is 0 Å². The van der Waals surface area contributed by atoms with Crippen LogP contribution in [0, 0.1) is 5.92 Å². The van der Waals surface area contributed by atoms with Gasteiger partial charge in [-0.05, 0) is 30.9 Å². The molecule has 1 heterocycles. The molecular formula is C14H16N2O. The van der Waals surface area contributed by atoms with E-state index in [1.165, 1.54) is 12.8 Å². The molecule has 3 rings (SSSR count). The van der Waals surface area contributed by atoms with E-state index in [2.05, 4.69) is 5.32 Å². The molecule has 1 amide bonds. The van der Waals surface area contributed by atoms with Gasteiger partial charge in [-0.2, -0.15) is 0 Å². The monoisotopic (exact) mass is 228 g/mol. The number of fused-ring (bicyclic) bond motifs is 1. The van der Waals surface area contributed by atoms with Gasteiger partial charge in [0.25, 0.3) is 5.91 Å². The zero-order chi connectivity index (χ0) is 11.8. The first-order chi connectivity index (χ1) is 8.25. The Labute approximate surface area is 100 Å². The fourth-order valence-electron chi connectivity index (χ4n) is 2.16. The summed E-state index contributed by atoms with van der Waals surface area (Å²) in [6.07, 6.45) is 2.52. The fourth-order valence-corrected chi connectivity index (χ4v) is 2.16. The van der Waals surface area contributed by atoms with Gasteiger partial charge in [-0.3, -0.25) is 4.79 Å². The molecule has 1 aliphatic carbocycles. The Morgan fingerprint density at radius 1 is 1.41 bits per heavy atom. The summed E-state index contributed by atoms with van der Waals surface area (Å²) in [4.78, 5) is 12.0. The Bertz CT molecular complexity index is 567. The van der Waals surface area contributed by atoms with E-state index < -0.39 is 0 Å². The van der Waals surface area contributed by atoms with Crippen molar-refractivity contribution in [1.29, 1.82) is 0 Å². The van der Waals surface area contributed by atoms with E-state index in [0.717, 1.165) is 23.1 Å². The first kappa shape index (κ1) is 10.4. The maximum absolute atomic E-state index is 12.0. The molecule has 88 valence electrons. The highest BCUT2D eigenvalue weighted by Gasteiger charge is 2.22. The van der Waals surface area contributed by atoms with Crippen molar-refractivity contribution in [3.8, 4) is 0 Å². The van der Waals surface area contributed by atoms with Gasteiger partial charge in [0.15, 0.2) is 0 Å². The Kier molecular flexibility index (Phi) is 2.39. The predicted octanol–water partition coefficient (Wildman–Crippen LogP) is 2.32. The molecule has 17 heavy (non-hydrogen) atoms. The van der Waals surface area contributed by atoms with Crippen molar-refractivity contribution >= 4 is 16.8 Å². The second-order valence-corrected chi connectivity index (χ2v) is 4.80. The molecule has 3 heteroatoms. The number of carbonyl (C=O) groups is 1. The summed E-state index contributed by atoms with van der Waals surface area (Å²) in [7, 11) is 1.94. The van der Waals surface area contributed by atoms with E-state index in [-0.39, 0.29) is 5.91 Å². The SMILES string of the molecule is Cn1c(C(=O)NCC2CC2)cc2ccccc21. The van der Waals surface area contributed by atoms with E-state index in [1.54, 1.807) is 0 Å². The van der Waals surface area contributed by atoms with Crippen LogP contribution in [-0.2, 0) is 7.05 Å². The number of hydrogen-bond acceptors (Lipinski definition) is 1. The van der Waals surface area contributed by atoms with Crippen LogP contribution in [0.15, 0.2) is 30.3 Å². The molecule has 0 atom stereocenters. The molecule has 0 bridgehead atoms. The Morgan fingerprint density at radius 2 is 2.18 bits per heavy atom. The number of nitrogens with one attached hydrogen (secondary N) is 1. The van der Waals surface area contributed by atoms with E-state index >= 15 is 0 Å². The summed E-state index contributed by atoms with van der Waals surface area (Å²) in [5.41, 5.74) is 1.84. The summed E-state index contributed by atoms with van der Waals surface area (Å²) < 4.78 is 1.96. The van der Waals surface area contributed by atoms with Gasteiger partial charge < -0.3 is 9.88 Å². The molecule has 0 aliphatic heterocycles.